The van der Waals surface area contributed by atoms with Crippen molar-refractivity contribution in [2.45, 2.75) is 11.5 Å². The number of pyridine rings is 1. The quantitative estimate of drug-likeness (QED) is 0.522. The minimum atomic E-state index is -3.79. The molecule has 5 nitrogen and oxygen atoms in total. The topological polar surface area (TPSA) is 68.3 Å². The summed E-state index contributed by atoms with van der Waals surface area (Å²) in [7, 11) is -3.79. The van der Waals surface area contributed by atoms with Crippen LogP contribution in [-0.2, 0) is 16.6 Å². The van der Waals surface area contributed by atoms with E-state index in [0.717, 1.165) is 10.9 Å². The van der Waals surface area contributed by atoms with E-state index in [1.807, 2.05) is 42.5 Å². The number of para-hydroxylation sites is 1. The molecule has 3 aromatic carbocycles. The molecule has 4 aromatic rings. The van der Waals surface area contributed by atoms with E-state index >= 15 is 0 Å². The lowest BCUT2D eigenvalue weighted by atomic mass is 10.2. The summed E-state index contributed by atoms with van der Waals surface area (Å²) in [6, 6.07) is 25.4. The molecule has 0 amide bonds. The Morgan fingerprint density at radius 3 is 2.50 bits per heavy atom. The third kappa shape index (κ3) is 3.97. The van der Waals surface area contributed by atoms with E-state index in [4.69, 9.17) is 4.74 Å². The monoisotopic (exact) mass is 390 g/mol. The first-order chi connectivity index (χ1) is 13.6. The average Bonchev–Trinajstić information content (AvgIpc) is 2.72. The van der Waals surface area contributed by atoms with Crippen molar-refractivity contribution in [3.63, 3.8) is 0 Å². The SMILES string of the molecule is O=S(=O)(Nc1cccc(OCc2ccccc2)c1)c1cccc2cccnc12. The summed E-state index contributed by atoms with van der Waals surface area (Å²) in [4.78, 5) is 4.37. The van der Waals surface area contributed by atoms with Crippen LogP contribution in [0, 0.1) is 0 Å². The van der Waals surface area contributed by atoms with Crippen LogP contribution in [-0.4, -0.2) is 13.4 Å². The molecule has 0 bridgehead atoms. The van der Waals surface area contributed by atoms with Crippen molar-refractivity contribution < 1.29 is 13.2 Å². The molecule has 4 rings (SSSR count). The van der Waals surface area contributed by atoms with Crippen LogP contribution in [0.15, 0.2) is 96.0 Å². The number of ether oxygens (including phenoxy) is 1. The second kappa shape index (κ2) is 7.70. The number of sulfonamides is 1. The van der Waals surface area contributed by atoms with Crippen LogP contribution in [0.5, 0.6) is 5.75 Å². The third-order valence-electron chi connectivity index (χ3n) is 4.22. The normalized spacial score (nSPS) is 11.3. The smallest absolute Gasteiger partial charge is 0.264 e. The zero-order chi connectivity index (χ0) is 19.4. The Hall–Kier alpha value is -3.38. The van der Waals surface area contributed by atoms with E-state index in [2.05, 4.69) is 9.71 Å². The molecule has 0 saturated heterocycles. The van der Waals surface area contributed by atoms with Gasteiger partial charge in [-0.15, -0.1) is 0 Å². The van der Waals surface area contributed by atoms with Gasteiger partial charge in [0.25, 0.3) is 10.0 Å². The molecular weight excluding hydrogens is 372 g/mol. The van der Waals surface area contributed by atoms with Crippen LogP contribution in [0.2, 0.25) is 0 Å². The summed E-state index contributed by atoms with van der Waals surface area (Å²) in [5.74, 6) is 0.583. The molecule has 28 heavy (non-hydrogen) atoms. The van der Waals surface area contributed by atoms with Crippen LogP contribution in [0.4, 0.5) is 5.69 Å². The van der Waals surface area contributed by atoms with Crippen molar-refractivity contribution in [1.82, 2.24) is 4.98 Å². The Morgan fingerprint density at radius 2 is 1.64 bits per heavy atom. The number of fused-ring (bicyclic) bond motifs is 1. The van der Waals surface area contributed by atoms with Gasteiger partial charge in [0, 0.05) is 17.6 Å². The predicted octanol–water partition coefficient (Wildman–Crippen LogP) is 4.61. The van der Waals surface area contributed by atoms with Gasteiger partial charge in [0.1, 0.15) is 17.3 Å². The van der Waals surface area contributed by atoms with Gasteiger partial charge in [-0.25, -0.2) is 8.42 Å². The molecule has 0 aliphatic heterocycles. The molecular formula is C22H18N2O3S. The van der Waals surface area contributed by atoms with Gasteiger partial charge in [-0.05, 0) is 29.8 Å². The number of nitrogens with one attached hydrogen (secondary N) is 1. The summed E-state index contributed by atoms with van der Waals surface area (Å²) < 4.78 is 34.2. The van der Waals surface area contributed by atoms with Crippen LogP contribution in [0.25, 0.3) is 10.9 Å². The molecule has 1 aromatic heterocycles. The zero-order valence-corrected chi connectivity index (χ0v) is 15.8. The van der Waals surface area contributed by atoms with Gasteiger partial charge in [-0.2, -0.15) is 0 Å². The van der Waals surface area contributed by atoms with Crippen molar-refractivity contribution >= 4 is 26.6 Å². The van der Waals surface area contributed by atoms with Crippen molar-refractivity contribution in [2.24, 2.45) is 0 Å². The fourth-order valence-corrected chi connectivity index (χ4v) is 4.12. The minimum Gasteiger partial charge on any atom is -0.489 e. The maximum absolute atomic E-state index is 12.9. The number of rotatable bonds is 6. The molecule has 140 valence electrons. The van der Waals surface area contributed by atoms with Crippen LogP contribution >= 0.6 is 0 Å². The van der Waals surface area contributed by atoms with Crippen molar-refractivity contribution in [3.05, 3.63) is 96.7 Å². The summed E-state index contributed by atoms with van der Waals surface area (Å²) in [6.45, 7) is 0.407. The van der Waals surface area contributed by atoms with E-state index in [9.17, 15) is 8.42 Å². The van der Waals surface area contributed by atoms with Crippen molar-refractivity contribution in [3.8, 4) is 5.75 Å². The van der Waals surface area contributed by atoms with Crippen LogP contribution in [0.1, 0.15) is 5.56 Å². The number of nitrogens with zero attached hydrogens (tertiary/aromatic N) is 1. The van der Waals surface area contributed by atoms with Gasteiger partial charge in [0.05, 0.1) is 11.2 Å². The zero-order valence-electron chi connectivity index (χ0n) is 14.9. The lowest BCUT2D eigenvalue weighted by molar-refractivity contribution is 0.306. The highest BCUT2D eigenvalue weighted by molar-refractivity contribution is 7.93. The molecule has 0 unspecified atom stereocenters. The fraction of sp³-hybridized carbons (Fsp3) is 0.0455. The van der Waals surface area contributed by atoms with Gasteiger partial charge >= 0.3 is 0 Å². The van der Waals surface area contributed by atoms with Gasteiger partial charge in [-0.3, -0.25) is 9.71 Å². The molecule has 0 atom stereocenters. The van der Waals surface area contributed by atoms with E-state index < -0.39 is 10.0 Å². The lowest BCUT2D eigenvalue weighted by Crippen LogP contribution is -2.13. The maximum atomic E-state index is 12.9. The molecule has 0 aliphatic carbocycles. The Kier molecular flexibility index (Phi) is 4.95. The number of benzene rings is 3. The Bertz CT molecular complexity index is 1200. The first-order valence-corrected chi connectivity index (χ1v) is 10.2. The molecule has 0 radical (unpaired) electrons. The van der Waals surface area contributed by atoms with E-state index in [0.29, 0.717) is 23.6 Å². The largest absolute Gasteiger partial charge is 0.489 e. The Labute approximate surface area is 163 Å². The Balaban J connectivity index is 1.56. The number of hydrogen-bond donors (Lipinski definition) is 1. The van der Waals surface area contributed by atoms with Gasteiger partial charge in [-0.1, -0.05) is 54.6 Å². The second-order valence-electron chi connectivity index (χ2n) is 6.24. The third-order valence-corrected chi connectivity index (χ3v) is 5.63. The number of hydrogen-bond acceptors (Lipinski definition) is 4. The predicted molar refractivity (Wildman–Crippen MR) is 110 cm³/mol. The van der Waals surface area contributed by atoms with Crippen LogP contribution in [0.3, 0.4) is 0 Å². The minimum absolute atomic E-state index is 0.140. The highest BCUT2D eigenvalue weighted by Crippen LogP contribution is 2.25. The summed E-state index contributed by atoms with van der Waals surface area (Å²) in [6.07, 6.45) is 1.58. The van der Waals surface area contributed by atoms with Gasteiger partial charge in [0.15, 0.2) is 0 Å². The summed E-state index contributed by atoms with van der Waals surface area (Å²) in [5.41, 5.74) is 1.91. The molecule has 0 spiro atoms. The molecule has 1 N–H and O–H groups in total. The number of anilines is 1. The van der Waals surface area contributed by atoms with E-state index in [1.54, 1.807) is 48.7 Å². The first kappa shape index (κ1) is 18.0. The summed E-state index contributed by atoms with van der Waals surface area (Å²) >= 11 is 0. The van der Waals surface area contributed by atoms with E-state index in [1.165, 1.54) is 0 Å². The van der Waals surface area contributed by atoms with Gasteiger partial charge in [0.2, 0.25) is 0 Å². The first-order valence-electron chi connectivity index (χ1n) is 8.75. The highest BCUT2D eigenvalue weighted by atomic mass is 32.2. The highest BCUT2D eigenvalue weighted by Gasteiger charge is 2.18. The molecule has 0 saturated carbocycles. The maximum Gasteiger partial charge on any atom is 0.264 e. The van der Waals surface area contributed by atoms with Crippen LogP contribution < -0.4 is 9.46 Å². The molecule has 6 heteroatoms. The Morgan fingerprint density at radius 1 is 0.857 bits per heavy atom. The standard InChI is InChI=1S/C22H18N2O3S/c25-28(26,21-13-4-9-18-10-6-14-23-22(18)21)24-19-11-5-12-20(15-19)27-16-17-7-2-1-3-8-17/h1-15,24H,16H2. The molecule has 0 fully saturated rings. The van der Waals surface area contributed by atoms with Crippen molar-refractivity contribution in [2.75, 3.05) is 4.72 Å². The van der Waals surface area contributed by atoms with Crippen molar-refractivity contribution in [1.29, 1.82) is 0 Å². The van der Waals surface area contributed by atoms with Gasteiger partial charge < -0.3 is 4.74 Å². The van der Waals surface area contributed by atoms with E-state index in [-0.39, 0.29) is 4.90 Å². The number of aromatic nitrogens is 1. The fourth-order valence-electron chi connectivity index (χ4n) is 2.89. The second-order valence-corrected chi connectivity index (χ2v) is 7.89. The lowest BCUT2D eigenvalue weighted by Gasteiger charge is -2.12. The molecule has 1 heterocycles. The molecule has 0 aliphatic rings. The average molecular weight is 390 g/mol. The summed E-state index contributed by atoms with van der Waals surface area (Å²) in [5, 5.41) is 0.769.